The van der Waals surface area contributed by atoms with Crippen LogP contribution in [0, 0.1) is 0 Å². The quantitative estimate of drug-likeness (QED) is 0.680. The molecule has 0 N–H and O–H groups in total. The molecule has 0 fully saturated rings. The summed E-state index contributed by atoms with van der Waals surface area (Å²) >= 11 is 0. The fraction of sp³-hybridized carbons (Fsp3) is 0.238. The standard InChI is InChI=1S/C21H20N4O4/c1-13-12-24(20(27)19-5-4-8-29-19)18-9-15(6-7-17(18)25(13)14(2)26)16-10-22-21(28-3)23-11-16/h4-11,13H,12H2,1-3H3/t13-/m0/s1. The lowest BCUT2D eigenvalue weighted by Gasteiger charge is -2.40. The van der Waals surface area contributed by atoms with E-state index in [-0.39, 0.29) is 29.6 Å². The number of methoxy groups -OCH3 is 1. The molecule has 0 radical (unpaired) electrons. The fourth-order valence-electron chi connectivity index (χ4n) is 3.58. The van der Waals surface area contributed by atoms with Crippen molar-refractivity contribution >= 4 is 23.2 Å². The number of furan rings is 1. The first-order chi connectivity index (χ1) is 14.0. The normalized spacial score (nSPS) is 15.8. The Morgan fingerprint density at radius 2 is 1.90 bits per heavy atom. The number of hydrogen-bond acceptors (Lipinski definition) is 6. The average molecular weight is 392 g/mol. The summed E-state index contributed by atoms with van der Waals surface area (Å²) in [5.74, 6) is -0.0866. The molecule has 1 aromatic carbocycles. The predicted molar refractivity (Wildman–Crippen MR) is 107 cm³/mol. The Kier molecular flexibility index (Phi) is 4.75. The van der Waals surface area contributed by atoms with Gasteiger partial charge in [-0.25, -0.2) is 9.97 Å². The highest BCUT2D eigenvalue weighted by Crippen LogP contribution is 2.39. The first-order valence-corrected chi connectivity index (χ1v) is 9.15. The molecule has 0 saturated carbocycles. The molecule has 3 aromatic rings. The number of hydrogen-bond donors (Lipinski definition) is 0. The molecule has 2 aromatic heterocycles. The van der Waals surface area contributed by atoms with Crippen molar-refractivity contribution in [3.63, 3.8) is 0 Å². The molecule has 8 heteroatoms. The number of carbonyl (C=O) groups excluding carboxylic acids is 2. The van der Waals surface area contributed by atoms with Crippen molar-refractivity contribution in [3.05, 3.63) is 54.7 Å². The topological polar surface area (TPSA) is 88.8 Å². The van der Waals surface area contributed by atoms with E-state index in [9.17, 15) is 9.59 Å². The number of aromatic nitrogens is 2. The zero-order chi connectivity index (χ0) is 20.5. The van der Waals surface area contributed by atoms with Gasteiger partial charge in [-0.15, -0.1) is 0 Å². The lowest BCUT2D eigenvalue weighted by Crippen LogP contribution is -2.51. The van der Waals surface area contributed by atoms with Crippen LogP contribution in [0.25, 0.3) is 11.1 Å². The second-order valence-corrected chi connectivity index (χ2v) is 6.79. The van der Waals surface area contributed by atoms with Gasteiger partial charge in [0.05, 0.1) is 30.8 Å². The molecule has 1 atom stereocenters. The fourth-order valence-corrected chi connectivity index (χ4v) is 3.58. The van der Waals surface area contributed by atoms with Crippen molar-refractivity contribution in [2.24, 2.45) is 0 Å². The lowest BCUT2D eigenvalue weighted by molar-refractivity contribution is -0.117. The van der Waals surface area contributed by atoms with Gasteiger partial charge in [0.2, 0.25) is 5.91 Å². The number of nitrogens with zero attached hydrogens (tertiary/aromatic N) is 4. The third-order valence-electron chi connectivity index (χ3n) is 4.87. The Labute approximate surface area is 167 Å². The van der Waals surface area contributed by atoms with E-state index < -0.39 is 0 Å². The molecule has 1 aliphatic rings. The van der Waals surface area contributed by atoms with E-state index in [0.29, 0.717) is 17.9 Å². The molecule has 3 heterocycles. The van der Waals surface area contributed by atoms with E-state index in [1.54, 1.807) is 34.3 Å². The Bertz CT molecular complexity index is 1050. The van der Waals surface area contributed by atoms with Crippen molar-refractivity contribution in [2.75, 3.05) is 23.5 Å². The number of carbonyl (C=O) groups is 2. The summed E-state index contributed by atoms with van der Waals surface area (Å²) in [4.78, 5) is 37.0. The Morgan fingerprint density at radius 3 is 2.52 bits per heavy atom. The van der Waals surface area contributed by atoms with Crippen molar-refractivity contribution in [1.82, 2.24) is 9.97 Å². The van der Waals surface area contributed by atoms with Crippen molar-refractivity contribution < 1.29 is 18.7 Å². The number of anilines is 2. The van der Waals surface area contributed by atoms with Crippen LogP contribution < -0.4 is 14.5 Å². The van der Waals surface area contributed by atoms with Gasteiger partial charge < -0.3 is 19.0 Å². The zero-order valence-corrected chi connectivity index (χ0v) is 16.3. The zero-order valence-electron chi connectivity index (χ0n) is 16.3. The van der Waals surface area contributed by atoms with Crippen LogP contribution in [-0.4, -0.2) is 41.5 Å². The lowest BCUT2D eigenvalue weighted by atomic mass is 10.0. The minimum Gasteiger partial charge on any atom is -0.467 e. The first-order valence-electron chi connectivity index (χ1n) is 9.15. The molecular weight excluding hydrogens is 372 g/mol. The minimum atomic E-state index is -0.255. The highest BCUT2D eigenvalue weighted by Gasteiger charge is 2.35. The van der Waals surface area contributed by atoms with Crippen LogP contribution in [-0.2, 0) is 4.79 Å². The molecule has 0 saturated heterocycles. The van der Waals surface area contributed by atoms with E-state index in [1.807, 2.05) is 25.1 Å². The maximum atomic E-state index is 13.1. The Hall–Kier alpha value is -3.68. The van der Waals surface area contributed by atoms with Crippen LogP contribution in [0.4, 0.5) is 11.4 Å². The Balaban J connectivity index is 1.82. The summed E-state index contributed by atoms with van der Waals surface area (Å²) in [5, 5.41) is 0. The summed E-state index contributed by atoms with van der Waals surface area (Å²) in [6.45, 7) is 3.79. The van der Waals surface area contributed by atoms with Gasteiger partial charge in [-0.2, -0.15) is 0 Å². The highest BCUT2D eigenvalue weighted by atomic mass is 16.5. The van der Waals surface area contributed by atoms with Crippen LogP contribution >= 0.6 is 0 Å². The van der Waals surface area contributed by atoms with Gasteiger partial charge in [-0.05, 0) is 36.8 Å². The Morgan fingerprint density at radius 1 is 1.14 bits per heavy atom. The number of amides is 2. The maximum absolute atomic E-state index is 13.1. The number of fused-ring (bicyclic) bond motifs is 1. The van der Waals surface area contributed by atoms with Crippen LogP contribution in [0.3, 0.4) is 0 Å². The van der Waals surface area contributed by atoms with Crippen LogP contribution in [0.2, 0.25) is 0 Å². The van der Waals surface area contributed by atoms with Crippen LogP contribution in [0.15, 0.2) is 53.4 Å². The van der Waals surface area contributed by atoms with Gasteiger partial charge in [0, 0.05) is 31.4 Å². The van der Waals surface area contributed by atoms with E-state index in [4.69, 9.17) is 9.15 Å². The number of rotatable bonds is 3. The summed E-state index contributed by atoms with van der Waals surface area (Å²) in [7, 11) is 1.50. The van der Waals surface area contributed by atoms with Gasteiger partial charge in [0.15, 0.2) is 5.76 Å². The van der Waals surface area contributed by atoms with Gasteiger partial charge in [-0.3, -0.25) is 9.59 Å². The predicted octanol–water partition coefficient (Wildman–Crippen LogP) is 3.15. The molecule has 0 spiro atoms. The molecule has 1 aliphatic heterocycles. The largest absolute Gasteiger partial charge is 0.467 e. The molecule has 148 valence electrons. The second-order valence-electron chi connectivity index (χ2n) is 6.79. The summed E-state index contributed by atoms with van der Waals surface area (Å²) < 4.78 is 10.3. The van der Waals surface area contributed by atoms with Crippen LogP contribution in [0.5, 0.6) is 6.01 Å². The molecule has 2 amide bonds. The van der Waals surface area contributed by atoms with E-state index in [2.05, 4.69) is 9.97 Å². The summed E-state index contributed by atoms with van der Waals surface area (Å²) in [6.07, 6.45) is 4.77. The van der Waals surface area contributed by atoms with Crippen molar-refractivity contribution in [1.29, 1.82) is 0 Å². The first kappa shape index (κ1) is 18.7. The third kappa shape index (κ3) is 3.33. The SMILES string of the molecule is COc1ncc(-c2ccc3c(c2)N(C(=O)c2ccco2)C[C@H](C)N3C(C)=O)cn1. The van der Waals surface area contributed by atoms with E-state index in [1.165, 1.54) is 20.3 Å². The smallest absolute Gasteiger partial charge is 0.316 e. The monoisotopic (exact) mass is 392 g/mol. The maximum Gasteiger partial charge on any atom is 0.316 e. The molecule has 0 bridgehead atoms. The molecule has 0 aliphatic carbocycles. The third-order valence-corrected chi connectivity index (χ3v) is 4.87. The molecule has 29 heavy (non-hydrogen) atoms. The molecule has 4 rings (SSSR count). The second kappa shape index (κ2) is 7.38. The van der Waals surface area contributed by atoms with Gasteiger partial charge in [-0.1, -0.05) is 6.07 Å². The average Bonchev–Trinajstić information content (AvgIpc) is 3.27. The van der Waals surface area contributed by atoms with Crippen LogP contribution in [0.1, 0.15) is 24.4 Å². The minimum absolute atomic E-state index is 0.0793. The van der Waals surface area contributed by atoms with E-state index in [0.717, 1.165) is 11.1 Å². The molecular formula is C21H20N4O4. The van der Waals surface area contributed by atoms with Crippen molar-refractivity contribution in [2.45, 2.75) is 19.9 Å². The van der Waals surface area contributed by atoms with Gasteiger partial charge >= 0.3 is 6.01 Å². The summed E-state index contributed by atoms with van der Waals surface area (Å²) in [6, 6.07) is 9.00. The van der Waals surface area contributed by atoms with Gasteiger partial charge in [0.1, 0.15) is 0 Å². The van der Waals surface area contributed by atoms with Gasteiger partial charge in [0.25, 0.3) is 5.91 Å². The van der Waals surface area contributed by atoms with E-state index >= 15 is 0 Å². The highest BCUT2D eigenvalue weighted by molar-refractivity contribution is 6.10. The summed E-state index contributed by atoms with van der Waals surface area (Å²) in [5.41, 5.74) is 2.90. The number of benzene rings is 1. The molecule has 8 nitrogen and oxygen atoms in total. The number of ether oxygens (including phenoxy) is 1. The molecule has 0 unspecified atom stereocenters. The van der Waals surface area contributed by atoms with Crippen molar-refractivity contribution in [3.8, 4) is 17.1 Å².